The highest BCUT2D eigenvalue weighted by molar-refractivity contribution is 5.80. The lowest BCUT2D eigenvalue weighted by atomic mass is 10.00. The number of carbonyl (C=O) groups is 1. The van der Waals surface area contributed by atoms with Crippen molar-refractivity contribution in [3.8, 4) is 0 Å². The molecule has 0 saturated carbocycles. The van der Waals surface area contributed by atoms with Crippen LogP contribution in [0, 0.1) is 0 Å². The first-order valence-corrected chi connectivity index (χ1v) is 21.7. The molecule has 1 amide bonds. The van der Waals surface area contributed by atoms with Crippen LogP contribution in [0.25, 0.3) is 0 Å². The van der Waals surface area contributed by atoms with E-state index in [2.05, 4.69) is 43.5 Å². The van der Waals surface area contributed by atoms with E-state index in [-0.39, 0.29) is 0 Å². The zero-order chi connectivity index (χ0) is 36.8. The number of hydrogen-bond acceptors (Lipinski definition) is 5. The molecule has 6 heteroatoms. The molecule has 0 aromatic carbocycles. The summed E-state index contributed by atoms with van der Waals surface area (Å²) in [6, 6.07) is -1.00. The topological polar surface area (TPSA) is 110 Å². The average molecular weight is 708 g/mol. The van der Waals surface area contributed by atoms with Crippen LogP contribution < -0.4 is 5.32 Å². The van der Waals surface area contributed by atoms with Crippen molar-refractivity contribution in [2.45, 2.75) is 244 Å². The van der Waals surface area contributed by atoms with Crippen LogP contribution >= 0.6 is 0 Å². The second-order valence-electron chi connectivity index (χ2n) is 15.0. The van der Waals surface area contributed by atoms with Crippen LogP contribution in [0.3, 0.4) is 0 Å². The maximum Gasteiger partial charge on any atom is 0.249 e. The Balaban J connectivity index is 3.68. The molecule has 5 N–H and O–H groups in total. The molecule has 0 aliphatic carbocycles. The molecule has 50 heavy (non-hydrogen) atoms. The molecule has 0 aliphatic heterocycles. The number of aliphatic hydroxyl groups excluding tert-OH is 4. The van der Waals surface area contributed by atoms with Crippen molar-refractivity contribution in [1.29, 1.82) is 0 Å². The van der Waals surface area contributed by atoms with E-state index in [9.17, 15) is 25.2 Å². The van der Waals surface area contributed by atoms with Crippen molar-refractivity contribution >= 4 is 5.91 Å². The van der Waals surface area contributed by atoms with Gasteiger partial charge in [-0.05, 0) is 44.9 Å². The van der Waals surface area contributed by atoms with Gasteiger partial charge in [0, 0.05) is 0 Å². The summed E-state index contributed by atoms with van der Waals surface area (Å²) in [6.07, 6.45) is 43.7. The third-order valence-corrected chi connectivity index (χ3v) is 10.1. The molecule has 0 saturated heterocycles. The van der Waals surface area contributed by atoms with Crippen molar-refractivity contribution < 1.29 is 25.2 Å². The Morgan fingerprint density at radius 1 is 0.480 bits per heavy atom. The third kappa shape index (κ3) is 32.7. The van der Waals surface area contributed by atoms with Gasteiger partial charge in [-0.1, -0.05) is 199 Å². The molecule has 0 spiro atoms. The summed E-state index contributed by atoms with van der Waals surface area (Å²) in [5.74, 6) is -0.597. The third-order valence-electron chi connectivity index (χ3n) is 10.1. The Labute approximate surface area is 310 Å². The van der Waals surface area contributed by atoms with E-state index in [0.717, 1.165) is 44.9 Å². The molecule has 296 valence electrons. The molecule has 4 unspecified atom stereocenters. The highest BCUT2D eigenvalue weighted by Gasteiger charge is 2.28. The fourth-order valence-corrected chi connectivity index (χ4v) is 6.64. The number of carbonyl (C=O) groups excluding carboxylic acids is 1. The van der Waals surface area contributed by atoms with E-state index in [4.69, 9.17) is 0 Å². The van der Waals surface area contributed by atoms with Crippen molar-refractivity contribution in [3.63, 3.8) is 0 Å². The minimum Gasteiger partial charge on any atom is -0.394 e. The van der Waals surface area contributed by atoms with E-state index in [0.29, 0.717) is 19.3 Å². The summed E-state index contributed by atoms with van der Waals surface area (Å²) in [5, 5.41) is 43.5. The van der Waals surface area contributed by atoms with Gasteiger partial charge in [0.2, 0.25) is 5.91 Å². The Kier molecular flexibility index (Phi) is 38.1. The van der Waals surface area contributed by atoms with Crippen molar-refractivity contribution in [2.24, 2.45) is 0 Å². The van der Waals surface area contributed by atoms with Gasteiger partial charge in [0.1, 0.15) is 12.2 Å². The standard InChI is InChI=1S/C44H85NO5/c1-3-5-7-9-11-13-15-16-17-18-19-20-21-22-23-24-25-26-28-30-32-34-36-38-42(48)44(50)45-40(39-46)43(49)41(47)37-35-33-31-29-27-14-12-10-8-6-4-2/h10,12,29,31,40-43,46-49H,3-9,11,13-28,30,32-39H2,1-2H3,(H,45,50)/b12-10+,31-29+. The van der Waals surface area contributed by atoms with Gasteiger partial charge in [0.05, 0.1) is 18.8 Å². The molecule has 0 bridgehead atoms. The maximum atomic E-state index is 12.5. The number of unbranched alkanes of at least 4 members (excludes halogenated alkanes) is 26. The van der Waals surface area contributed by atoms with Crippen LogP contribution in [-0.4, -0.2) is 57.3 Å². The van der Waals surface area contributed by atoms with Gasteiger partial charge in [-0.2, -0.15) is 0 Å². The lowest BCUT2D eigenvalue weighted by molar-refractivity contribution is -0.132. The predicted molar refractivity (Wildman–Crippen MR) is 214 cm³/mol. The molecule has 0 aromatic rings. The Hall–Kier alpha value is -1.21. The maximum absolute atomic E-state index is 12.5. The molecule has 6 nitrogen and oxygen atoms in total. The zero-order valence-electron chi connectivity index (χ0n) is 33.2. The SMILES string of the molecule is CCCC/C=C/CC/C=C/CCCC(O)C(O)C(CO)NC(=O)C(O)CCCCCCCCCCCCCCCCCCCCCCCCC. The Bertz CT molecular complexity index is 757. The van der Waals surface area contributed by atoms with E-state index in [1.54, 1.807) is 0 Å². The minimum atomic E-state index is -1.28. The molecular formula is C44H85NO5. The molecule has 0 heterocycles. The minimum absolute atomic E-state index is 0.364. The van der Waals surface area contributed by atoms with Crippen molar-refractivity contribution in [1.82, 2.24) is 5.32 Å². The van der Waals surface area contributed by atoms with Crippen LogP contribution in [-0.2, 0) is 4.79 Å². The molecular weight excluding hydrogens is 622 g/mol. The van der Waals surface area contributed by atoms with Crippen molar-refractivity contribution in [2.75, 3.05) is 6.61 Å². The number of rotatable bonds is 39. The first kappa shape index (κ1) is 48.8. The van der Waals surface area contributed by atoms with Crippen molar-refractivity contribution in [3.05, 3.63) is 24.3 Å². The molecule has 0 fully saturated rings. The van der Waals surface area contributed by atoms with E-state index in [1.165, 1.54) is 141 Å². The summed E-state index contributed by atoms with van der Waals surface area (Å²) in [4.78, 5) is 12.5. The number of hydrogen-bond donors (Lipinski definition) is 5. The fourth-order valence-electron chi connectivity index (χ4n) is 6.64. The molecule has 0 rings (SSSR count). The van der Waals surface area contributed by atoms with E-state index < -0.39 is 36.9 Å². The van der Waals surface area contributed by atoms with Gasteiger partial charge in [-0.3, -0.25) is 4.79 Å². The van der Waals surface area contributed by atoms with Gasteiger partial charge in [-0.15, -0.1) is 0 Å². The van der Waals surface area contributed by atoms with Gasteiger partial charge >= 0.3 is 0 Å². The van der Waals surface area contributed by atoms with Gasteiger partial charge < -0.3 is 25.7 Å². The lowest BCUT2D eigenvalue weighted by Crippen LogP contribution is -2.53. The summed E-state index contributed by atoms with van der Waals surface area (Å²) in [6.45, 7) is 3.98. The molecule has 4 atom stereocenters. The lowest BCUT2D eigenvalue weighted by Gasteiger charge is -2.27. The molecule has 0 radical (unpaired) electrons. The van der Waals surface area contributed by atoms with E-state index >= 15 is 0 Å². The van der Waals surface area contributed by atoms with Gasteiger partial charge in [0.25, 0.3) is 0 Å². The number of allylic oxidation sites excluding steroid dienone is 4. The number of nitrogens with one attached hydrogen (secondary N) is 1. The fraction of sp³-hybridized carbons (Fsp3) is 0.886. The van der Waals surface area contributed by atoms with Gasteiger partial charge in [0.15, 0.2) is 0 Å². The van der Waals surface area contributed by atoms with E-state index in [1.807, 2.05) is 0 Å². The average Bonchev–Trinajstić information content (AvgIpc) is 3.12. The first-order valence-electron chi connectivity index (χ1n) is 21.7. The second kappa shape index (κ2) is 39.0. The van der Waals surface area contributed by atoms with Crippen LogP contribution in [0.2, 0.25) is 0 Å². The first-order chi connectivity index (χ1) is 24.5. The number of amides is 1. The van der Waals surface area contributed by atoms with Crippen LogP contribution in [0.4, 0.5) is 0 Å². The molecule has 0 aliphatic rings. The predicted octanol–water partition coefficient (Wildman–Crippen LogP) is 11.2. The quantitative estimate of drug-likeness (QED) is 0.0323. The summed E-state index contributed by atoms with van der Waals surface area (Å²) >= 11 is 0. The highest BCUT2D eigenvalue weighted by atomic mass is 16.3. The second-order valence-corrected chi connectivity index (χ2v) is 15.0. The highest BCUT2D eigenvalue weighted by Crippen LogP contribution is 2.16. The zero-order valence-corrected chi connectivity index (χ0v) is 33.2. The van der Waals surface area contributed by atoms with Crippen LogP contribution in [0.1, 0.15) is 219 Å². The number of aliphatic hydroxyl groups is 4. The normalized spacial score (nSPS) is 14.4. The van der Waals surface area contributed by atoms with Crippen LogP contribution in [0.5, 0.6) is 0 Å². The Morgan fingerprint density at radius 2 is 0.840 bits per heavy atom. The summed E-state index contributed by atoms with van der Waals surface area (Å²) in [7, 11) is 0. The smallest absolute Gasteiger partial charge is 0.249 e. The molecule has 0 aromatic heterocycles. The summed E-state index contributed by atoms with van der Waals surface area (Å²) < 4.78 is 0. The van der Waals surface area contributed by atoms with Gasteiger partial charge in [-0.25, -0.2) is 0 Å². The summed E-state index contributed by atoms with van der Waals surface area (Å²) in [5.41, 5.74) is 0. The largest absolute Gasteiger partial charge is 0.394 e. The van der Waals surface area contributed by atoms with Crippen LogP contribution in [0.15, 0.2) is 24.3 Å². The Morgan fingerprint density at radius 3 is 1.24 bits per heavy atom. The monoisotopic (exact) mass is 708 g/mol.